The third kappa shape index (κ3) is 1.31. The predicted molar refractivity (Wildman–Crippen MR) is 60.7 cm³/mol. The van der Waals surface area contributed by atoms with E-state index in [1.54, 1.807) is 13.0 Å². The summed E-state index contributed by atoms with van der Waals surface area (Å²) >= 11 is 0. The Hall–Kier alpha value is -1.51. The quantitative estimate of drug-likeness (QED) is 0.805. The van der Waals surface area contributed by atoms with Crippen molar-refractivity contribution in [3.63, 3.8) is 0 Å². The highest BCUT2D eigenvalue weighted by atomic mass is 16.4. The van der Waals surface area contributed by atoms with Gasteiger partial charge >= 0.3 is 5.97 Å². The van der Waals surface area contributed by atoms with Gasteiger partial charge in [0.05, 0.1) is 5.41 Å². The van der Waals surface area contributed by atoms with E-state index in [9.17, 15) is 15.0 Å². The molecular weight excluding hydrogens is 204 g/mol. The summed E-state index contributed by atoms with van der Waals surface area (Å²) in [5.74, 6) is -0.546. The lowest BCUT2D eigenvalue weighted by atomic mass is 9.63. The normalized spacial score (nSPS) is 17.9. The maximum atomic E-state index is 11.4. The van der Waals surface area contributed by atoms with Gasteiger partial charge < -0.3 is 10.2 Å². The van der Waals surface area contributed by atoms with Gasteiger partial charge in [0.25, 0.3) is 0 Å². The first kappa shape index (κ1) is 11.0. The lowest BCUT2D eigenvalue weighted by molar-refractivity contribution is -0.147. The fourth-order valence-corrected chi connectivity index (χ4v) is 2.48. The van der Waals surface area contributed by atoms with Gasteiger partial charge in [-0.05, 0) is 43.4 Å². The molecule has 86 valence electrons. The van der Waals surface area contributed by atoms with Crippen LogP contribution in [0.2, 0.25) is 0 Å². The molecule has 0 spiro atoms. The van der Waals surface area contributed by atoms with Gasteiger partial charge in [0.15, 0.2) is 0 Å². The van der Waals surface area contributed by atoms with Crippen LogP contribution in [-0.2, 0) is 10.2 Å². The number of carbonyl (C=O) groups is 1. The Labute approximate surface area is 94.7 Å². The topological polar surface area (TPSA) is 57.5 Å². The van der Waals surface area contributed by atoms with E-state index >= 15 is 0 Å². The minimum Gasteiger partial charge on any atom is -0.507 e. The summed E-state index contributed by atoms with van der Waals surface area (Å²) in [5, 5.41) is 19.2. The predicted octanol–water partition coefficient (Wildman–Crippen LogP) is 2.52. The summed E-state index contributed by atoms with van der Waals surface area (Å²) in [6.45, 7) is 3.61. The fraction of sp³-hybridized carbons (Fsp3) is 0.462. The number of aliphatic carboxylic acids is 1. The number of carboxylic acid groups (broad SMARTS) is 1. The lowest BCUT2D eigenvalue weighted by Gasteiger charge is -2.39. The standard InChI is InChI=1S/C13H16O3/c1-8-4-5-10(9(2)11(8)14)13(12(15)16)6-3-7-13/h4-5,14H,3,6-7H2,1-2H3,(H,15,16). The molecule has 0 radical (unpaired) electrons. The molecule has 2 rings (SSSR count). The van der Waals surface area contributed by atoms with E-state index in [0.29, 0.717) is 18.4 Å². The molecule has 1 fully saturated rings. The van der Waals surface area contributed by atoms with Crippen molar-refractivity contribution in [3.8, 4) is 5.75 Å². The van der Waals surface area contributed by atoms with Crippen molar-refractivity contribution in [2.24, 2.45) is 0 Å². The average Bonchev–Trinajstić information content (AvgIpc) is 2.16. The highest BCUT2D eigenvalue weighted by molar-refractivity contribution is 5.83. The number of aryl methyl sites for hydroxylation is 1. The summed E-state index contributed by atoms with van der Waals surface area (Å²) in [6.07, 6.45) is 2.29. The highest BCUT2D eigenvalue weighted by Gasteiger charge is 2.47. The Morgan fingerprint density at radius 1 is 1.31 bits per heavy atom. The van der Waals surface area contributed by atoms with E-state index in [4.69, 9.17) is 0 Å². The van der Waals surface area contributed by atoms with Crippen LogP contribution in [0.5, 0.6) is 5.75 Å². The fourth-order valence-electron chi connectivity index (χ4n) is 2.48. The smallest absolute Gasteiger partial charge is 0.314 e. The summed E-state index contributed by atoms with van der Waals surface area (Å²) in [5.41, 5.74) is 1.52. The lowest BCUT2D eigenvalue weighted by Crippen LogP contribution is -2.42. The van der Waals surface area contributed by atoms with Gasteiger partial charge in [-0.3, -0.25) is 4.79 Å². The maximum absolute atomic E-state index is 11.4. The van der Waals surface area contributed by atoms with Gasteiger partial charge in [-0.15, -0.1) is 0 Å². The zero-order chi connectivity index (χ0) is 11.9. The molecule has 0 heterocycles. The van der Waals surface area contributed by atoms with Gasteiger partial charge in [-0.25, -0.2) is 0 Å². The number of rotatable bonds is 2. The largest absolute Gasteiger partial charge is 0.507 e. The minimum absolute atomic E-state index is 0.227. The molecule has 16 heavy (non-hydrogen) atoms. The molecule has 0 aliphatic heterocycles. The molecule has 2 N–H and O–H groups in total. The van der Waals surface area contributed by atoms with Crippen LogP contribution in [0.3, 0.4) is 0 Å². The van der Waals surface area contributed by atoms with Crippen LogP contribution < -0.4 is 0 Å². The number of hydrogen-bond acceptors (Lipinski definition) is 2. The third-order valence-electron chi connectivity index (χ3n) is 3.76. The number of hydrogen-bond donors (Lipinski definition) is 2. The van der Waals surface area contributed by atoms with E-state index in [1.807, 2.05) is 13.0 Å². The van der Waals surface area contributed by atoms with Crippen LogP contribution in [0.1, 0.15) is 36.0 Å². The molecule has 0 amide bonds. The van der Waals surface area contributed by atoms with Gasteiger partial charge in [0.1, 0.15) is 5.75 Å². The van der Waals surface area contributed by atoms with Gasteiger partial charge in [0, 0.05) is 0 Å². The first-order valence-corrected chi connectivity index (χ1v) is 5.52. The van der Waals surface area contributed by atoms with E-state index in [-0.39, 0.29) is 5.75 Å². The van der Waals surface area contributed by atoms with Crippen molar-refractivity contribution in [2.75, 3.05) is 0 Å². The number of carboxylic acids is 1. The van der Waals surface area contributed by atoms with Crippen LogP contribution in [0, 0.1) is 13.8 Å². The van der Waals surface area contributed by atoms with Crippen molar-refractivity contribution in [1.82, 2.24) is 0 Å². The molecule has 1 aliphatic rings. The number of aromatic hydroxyl groups is 1. The zero-order valence-corrected chi connectivity index (χ0v) is 9.58. The molecule has 0 saturated heterocycles. The van der Waals surface area contributed by atoms with E-state index in [0.717, 1.165) is 17.5 Å². The summed E-state index contributed by atoms with van der Waals surface area (Å²) in [4.78, 5) is 11.4. The Kier molecular flexibility index (Phi) is 2.41. The second-order valence-corrected chi connectivity index (χ2v) is 4.64. The van der Waals surface area contributed by atoms with Crippen LogP contribution in [0.25, 0.3) is 0 Å². The number of phenolic OH excluding ortho intramolecular Hbond substituents is 1. The van der Waals surface area contributed by atoms with Crippen molar-refractivity contribution in [1.29, 1.82) is 0 Å². The number of phenols is 1. The molecule has 1 saturated carbocycles. The second kappa shape index (κ2) is 3.51. The van der Waals surface area contributed by atoms with Gasteiger partial charge in [0.2, 0.25) is 0 Å². The van der Waals surface area contributed by atoms with Crippen molar-refractivity contribution >= 4 is 5.97 Å². The van der Waals surface area contributed by atoms with Crippen LogP contribution in [0.4, 0.5) is 0 Å². The first-order valence-electron chi connectivity index (χ1n) is 5.52. The summed E-state index contributed by atoms with van der Waals surface area (Å²) in [7, 11) is 0. The highest BCUT2D eigenvalue weighted by Crippen LogP contribution is 2.46. The molecule has 3 heteroatoms. The molecule has 0 unspecified atom stereocenters. The van der Waals surface area contributed by atoms with Crippen LogP contribution in [-0.4, -0.2) is 16.2 Å². The number of benzene rings is 1. The van der Waals surface area contributed by atoms with Crippen molar-refractivity contribution in [3.05, 3.63) is 28.8 Å². The molecule has 0 aromatic heterocycles. The minimum atomic E-state index is -0.773. The second-order valence-electron chi connectivity index (χ2n) is 4.64. The average molecular weight is 220 g/mol. The van der Waals surface area contributed by atoms with Crippen LogP contribution >= 0.6 is 0 Å². The Bertz CT molecular complexity index is 445. The zero-order valence-electron chi connectivity index (χ0n) is 9.58. The Morgan fingerprint density at radius 2 is 1.94 bits per heavy atom. The SMILES string of the molecule is Cc1ccc(C2(C(=O)O)CCC2)c(C)c1O. The molecular formula is C13H16O3. The Balaban J connectivity index is 2.56. The van der Waals surface area contributed by atoms with Crippen LogP contribution in [0.15, 0.2) is 12.1 Å². The Morgan fingerprint density at radius 3 is 2.38 bits per heavy atom. The van der Waals surface area contributed by atoms with E-state index in [2.05, 4.69) is 0 Å². The summed E-state index contributed by atoms with van der Waals surface area (Å²) in [6, 6.07) is 3.64. The van der Waals surface area contributed by atoms with Gasteiger partial charge in [-0.2, -0.15) is 0 Å². The molecule has 0 atom stereocenters. The first-order chi connectivity index (χ1) is 7.49. The molecule has 3 nitrogen and oxygen atoms in total. The maximum Gasteiger partial charge on any atom is 0.314 e. The molecule has 1 aliphatic carbocycles. The molecule has 0 bridgehead atoms. The monoisotopic (exact) mass is 220 g/mol. The van der Waals surface area contributed by atoms with Gasteiger partial charge in [-0.1, -0.05) is 18.6 Å². The van der Waals surface area contributed by atoms with E-state index in [1.165, 1.54) is 0 Å². The molecule has 1 aromatic carbocycles. The van der Waals surface area contributed by atoms with Crippen molar-refractivity contribution < 1.29 is 15.0 Å². The summed E-state index contributed by atoms with van der Waals surface area (Å²) < 4.78 is 0. The third-order valence-corrected chi connectivity index (χ3v) is 3.76. The van der Waals surface area contributed by atoms with E-state index < -0.39 is 11.4 Å². The molecule has 1 aromatic rings. The van der Waals surface area contributed by atoms with Crippen molar-refractivity contribution in [2.45, 2.75) is 38.5 Å².